The van der Waals surface area contributed by atoms with E-state index in [-0.39, 0.29) is 24.1 Å². The first-order valence-electron chi connectivity index (χ1n) is 8.87. The topological polar surface area (TPSA) is 45.8 Å². The van der Waals surface area contributed by atoms with Crippen LogP contribution in [0.2, 0.25) is 0 Å². The Morgan fingerprint density at radius 3 is 2.72 bits per heavy atom. The summed E-state index contributed by atoms with van der Waals surface area (Å²) >= 11 is 5.28. The van der Waals surface area contributed by atoms with Gasteiger partial charge in [-0.05, 0) is 57.1 Å². The van der Waals surface area contributed by atoms with E-state index in [0.717, 1.165) is 19.4 Å². The van der Waals surface area contributed by atoms with Crippen molar-refractivity contribution >= 4 is 28.7 Å². The van der Waals surface area contributed by atoms with E-state index in [0.29, 0.717) is 36.1 Å². The van der Waals surface area contributed by atoms with Crippen molar-refractivity contribution in [3.05, 3.63) is 24.0 Å². The second-order valence-corrected chi connectivity index (χ2v) is 7.21. The van der Waals surface area contributed by atoms with Crippen molar-refractivity contribution in [2.45, 2.75) is 45.0 Å². The van der Waals surface area contributed by atoms with Crippen LogP contribution in [-0.4, -0.2) is 49.7 Å². The zero-order valence-corrected chi connectivity index (χ0v) is 15.6. The van der Waals surface area contributed by atoms with E-state index in [4.69, 9.17) is 21.7 Å². The minimum atomic E-state index is -0.256. The molecular weight excluding hydrogens is 341 g/mol. The van der Waals surface area contributed by atoms with Crippen LogP contribution in [0.25, 0.3) is 0 Å². The fourth-order valence-corrected chi connectivity index (χ4v) is 3.60. The number of hydrogen-bond acceptors (Lipinski definition) is 4. The van der Waals surface area contributed by atoms with Gasteiger partial charge in [-0.3, -0.25) is 0 Å². The lowest BCUT2D eigenvalue weighted by Gasteiger charge is -2.37. The molecule has 0 spiro atoms. The minimum absolute atomic E-state index is 0.0931. The number of nitrogens with one attached hydrogen (secondary N) is 2. The quantitative estimate of drug-likeness (QED) is 0.798. The molecule has 138 valence electrons. The highest BCUT2D eigenvalue weighted by Crippen LogP contribution is 2.26. The molecule has 2 saturated heterocycles. The maximum absolute atomic E-state index is 14.6. The van der Waals surface area contributed by atoms with Gasteiger partial charge < -0.3 is 25.0 Å². The zero-order chi connectivity index (χ0) is 17.8. The minimum Gasteiger partial charge on any atom is -0.376 e. The molecule has 25 heavy (non-hydrogen) atoms. The number of nitrogens with zero attached hydrogens (tertiary/aromatic N) is 1. The monoisotopic (exact) mass is 367 g/mol. The Hall–Kier alpha value is -1.44. The second-order valence-electron chi connectivity index (χ2n) is 6.80. The Balaban J connectivity index is 1.56. The molecule has 1 aromatic rings. The van der Waals surface area contributed by atoms with Gasteiger partial charge in [0.05, 0.1) is 24.0 Å². The van der Waals surface area contributed by atoms with Crippen LogP contribution in [0.3, 0.4) is 0 Å². The number of hydrogen-bond donors (Lipinski definition) is 2. The molecule has 0 radical (unpaired) electrons. The molecule has 5 nitrogen and oxygen atoms in total. The first-order chi connectivity index (χ1) is 12.0. The lowest BCUT2D eigenvalue weighted by atomic mass is 10.2. The van der Waals surface area contributed by atoms with E-state index < -0.39 is 0 Å². The third-order valence-electron chi connectivity index (χ3n) is 4.48. The molecule has 3 atom stereocenters. The molecule has 0 bridgehead atoms. The highest BCUT2D eigenvalue weighted by Gasteiger charge is 2.24. The Morgan fingerprint density at radius 1 is 1.32 bits per heavy atom. The average molecular weight is 367 g/mol. The molecule has 2 aliphatic heterocycles. The van der Waals surface area contributed by atoms with Gasteiger partial charge in [0.2, 0.25) is 0 Å². The highest BCUT2D eigenvalue weighted by molar-refractivity contribution is 7.80. The van der Waals surface area contributed by atoms with Crippen LogP contribution in [0.1, 0.15) is 26.7 Å². The summed E-state index contributed by atoms with van der Waals surface area (Å²) in [5, 5.41) is 6.65. The van der Waals surface area contributed by atoms with Crippen LogP contribution in [0.4, 0.5) is 15.8 Å². The lowest BCUT2D eigenvalue weighted by molar-refractivity contribution is -0.00539. The van der Waals surface area contributed by atoms with E-state index in [2.05, 4.69) is 10.6 Å². The van der Waals surface area contributed by atoms with E-state index in [9.17, 15) is 4.39 Å². The third-order valence-corrected chi connectivity index (χ3v) is 4.73. The molecule has 3 rings (SSSR count). The molecule has 0 aliphatic carbocycles. The maximum atomic E-state index is 14.6. The summed E-state index contributed by atoms with van der Waals surface area (Å²) in [5.41, 5.74) is 1.24. The van der Waals surface area contributed by atoms with Gasteiger partial charge in [0.25, 0.3) is 0 Å². The Bertz CT molecular complexity index is 600. The van der Waals surface area contributed by atoms with Gasteiger partial charge in [0.1, 0.15) is 5.82 Å². The van der Waals surface area contributed by atoms with Gasteiger partial charge in [0.15, 0.2) is 5.11 Å². The van der Waals surface area contributed by atoms with Crippen LogP contribution in [0.15, 0.2) is 18.2 Å². The van der Waals surface area contributed by atoms with Crippen molar-refractivity contribution in [3.8, 4) is 0 Å². The van der Waals surface area contributed by atoms with Crippen molar-refractivity contribution in [1.29, 1.82) is 0 Å². The third kappa shape index (κ3) is 5.03. The summed E-state index contributed by atoms with van der Waals surface area (Å²) in [4.78, 5) is 2.03. The van der Waals surface area contributed by atoms with Gasteiger partial charge in [-0.1, -0.05) is 0 Å². The summed E-state index contributed by atoms with van der Waals surface area (Å²) in [6, 6.07) is 5.13. The normalized spacial score (nSPS) is 26.5. The fraction of sp³-hybridized carbons (Fsp3) is 0.611. The number of ether oxygens (including phenoxy) is 2. The molecule has 1 aromatic carbocycles. The largest absolute Gasteiger partial charge is 0.376 e. The number of halogens is 1. The zero-order valence-electron chi connectivity index (χ0n) is 14.8. The molecule has 0 unspecified atom stereocenters. The summed E-state index contributed by atoms with van der Waals surface area (Å²) in [6.45, 7) is 6.89. The molecule has 0 aromatic heterocycles. The van der Waals surface area contributed by atoms with Gasteiger partial charge >= 0.3 is 0 Å². The molecule has 2 fully saturated rings. The van der Waals surface area contributed by atoms with E-state index in [1.165, 1.54) is 6.07 Å². The smallest absolute Gasteiger partial charge is 0.170 e. The van der Waals surface area contributed by atoms with Crippen LogP contribution in [-0.2, 0) is 9.47 Å². The van der Waals surface area contributed by atoms with E-state index in [1.807, 2.05) is 24.8 Å². The molecule has 2 heterocycles. The maximum Gasteiger partial charge on any atom is 0.170 e. The lowest BCUT2D eigenvalue weighted by Crippen LogP contribution is -2.45. The predicted octanol–water partition coefficient (Wildman–Crippen LogP) is 2.90. The van der Waals surface area contributed by atoms with Crippen molar-refractivity contribution in [2.75, 3.05) is 36.5 Å². The fourth-order valence-electron chi connectivity index (χ4n) is 3.40. The number of anilines is 2. The molecule has 7 heteroatoms. The number of benzene rings is 1. The van der Waals surface area contributed by atoms with E-state index in [1.54, 1.807) is 6.07 Å². The van der Waals surface area contributed by atoms with Crippen LogP contribution < -0.4 is 15.5 Å². The Morgan fingerprint density at radius 2 is 2.08 bits per heavy atom. The number of rotatable bonds is 4. The number of morpholine rings is 1. The van der Waals surface area contributed by atoms with E-state index >= 15 is 0 Å². The first-order valence-corrected chi connectivity index (χ1v) is 9.28. The summed E-state index contributed by atoms with van der Waals surface area (Å²) in [6.07, 6.45) is 2.54. The van der Waals surface area contributed by atoms with Crippen molar-refractivity contribution in [3.63, 3.8) is 0 Å². The SMILES string of the molecule is C[C@@H]1CN(c2ccc(NC(=S)NC[C@H]3CCCO3)cc2F)C[C@@H](C)O1. The molecule has 0 amide bonds. The van der Waals surface area contributed by atoms with Gasteiger partial charge in [-0.2, -0.15) is 0 Å². The highest BCUT2D eigenvalue weighted by atomic mass is 32.1. The van der Waals surface area contributed by atoms with Gasteiger partial charge in [-0.25, -0.2) is 4.39 Å². The average Bonchev–Trinajstić information content (AvgIpc) is 3.05. The molecule has 2 aliphatic rings. The predicted molar refractivity (Wildman–Crippen MR) is 102 cm³/mol. The van der Waals surface area contributed by atoms with Crippen LogP contribution in [0.5, 0.6) is 0 Å². The number of thiocarbonyl (C=S) groups is 1. The Labute approximate surface area is 153 Å². The van der Waals surface area contributed by atoms with Gasteiger partial charge in [-0.15, -0.1) is 0 Å². The first kappa shape index (κ1) is 18.4. The summed E-state index contributed by atoms with van der Waals surface area (Å²) in [7, 11) is 0. The summed E-state index contributed by atoms with van der Waals surface area (Å²) in [5.74, 6) is -0.256. The van der Waals surface area contributed by atoms with Gasteiger partial charge in [0, 0.05) is 31.9 Å². The second kappa shape index (κ2) is 8.29. The van der Waals surface area contributed by atoms with Crippen LogP contribution in [0, 0.1) is 5.82 Å². The molecular formula is C18H26FN3O2S. The summed E-state index contributed by atoms with van der Waals surface area (Å²) < 4.78 is 25.8. The molecule has 0 saturated carbocycles. The standard InChI is InChI=1S/C18H26FN3O2S/c1-12-10-22(11-13(2)24-12)17-6-5-14(8-16(17)19)21-18(25)20-9-15-4-3-7-23-15/h5-6,8,12-13,15H,3-4,7,9-11H2,1-2H3,(H2,20,21,25)/t12-,13-,15-/m1/s1. The van der Waals surface area contributed by atoms with Crippen molar-refractivity contribution in [1.82, 2.24) is 5.32 Å². The Kier molecular flexibility index (Phi) is 6.09. The van der Waals surface area contributed by atoms with Crippen molar-refractivity contribution in [2.24, 2.45) is 0 Å². The van der Waals surface area contributed by atoms with Crippen LogP contribution >= 0.6 is 12.2 Å². The van der Waals surface area contributed by atoms with Crippen molar-refractivity contribution < 1.29 is 13.9 Å². The molecule has 2 N–H and O–H groups in total.